The van der Waals surface area contributed by atoms with Gasteiger partial charge in [-0.25, -0.2) is 13.6 Å². The third-order valence-corrected chi connectivity index (χ3v) is 2.89. The van der Waals surface area contributed by atoms with Gasteiger partial charge in [0.05, 0.1) is 5.75 Å². The van der Waals surface area contributed by atoms with E-state index in [4.69, 9.17) is 10.9 Å². The van der Waals surface area contributed by atoms with Gasteiger partial charge in [-0.15, -0.1) is 0 Å². The lowest BCUT2D eigenvalue weighted by Gasteiger charge is -2.04. The van der Waals surface area contributed by atoms with Crippen molar-refractivity contribution in [2.45, 2.75) is 32.1 Å². The third kappa shape index (κ3) is 11.4. The molecule has 0 aliphatic rings. The maximum Gasteiger partial charge on any atom is 0.219 e. The zero-order valence-electron chi connectivity index (χ0n) is 9.44. The summed E-state index contributed by atoms with van der Waals surface area (Å²) in [6.45, 7) is 1.00. The summed E-state index contributed by atoms with van der Waals surface area (Å²) in [6.07, 6.45) is 3.51. The number of primary sulfonamides is 1. The van der Waals surface area contributed by atoms with Gasteiger partial charge in [0.2, 0.25) is 15.9 Å². The van der Waals surface area contributed by atoms with Crippen LogP contribution < -0.4 is 16.2 Å². The van der Waals surface area contributed by atoms with Crippen LogP contribution in [0.5, 0.6) is 0 Å². The minimum Gasteiger partial charge on any atom is -0.356 e. The largest absolute Gasteiger partial charge is 0.356 e. The number of hydrogen-bond donors (Lipinski definition) is 3. The lowest BCUT2D eigenvalue weighted by molar-refractivity contribution is -0.121. The van der Waals surface area contributed by atoms with Crippen LogP contribution in [-0.4, -0.2) is 33.2 Å². The van der Waals surface area contributed by atoms with Crippen LogP contribution in [0.1, 0.15) is 32.1 Å². The number of rotatable bonds is 9. The lowest BCUT2D eigenvalue weighted by Crippen LogP contribution is -2.27. The predicted molar refractivity (Wildman–Crippen MR) is 63.1 cm³/mol. The van der Waals surface area contributed by atoms with E-state index in [1.165, 1.54) is 0 Å². The molecule has 7 heteroatoms. The number of sulfonamides is 1. The number of carbonyl (C=O) groups is 1. The number of amides is 1. The van der Waals surface area contributed by atoms with Crippen LogP contribution >= 0.6 is 0 Å². The first-order valence-corrected chi connectivity index (χ1v) is 7.14. The number of nitrogens with one attached hydrogen (secondary N) is 1. The Hall–Kier alpha value is -0.660. The summed E-state index contributed by atoms with van der Waals surface area (Å²) in [4.78, 5) is 11.2. The van der Waals surface area contributed by atoms with E-state index < -0.39 is 10.0 Å². The summed E-state index contributed by atoms with van der Waals surface area (Å²) >= 11 is 0. The molecule has 0 unspecified atom stereocenters. The molecular weight excluding hydrogens is 230 g/mol. The van der Waals surface area contributed by atoms with E-state index in [9.17, 15) is 13.2 Å². The maximum absolute atomic E-state index is 11.2. The highest BCUT2D eigenvalue weighted by Gasteiger charge is 2.03. The summed E-state index contributed by atoms with van der Waals surface area (Å²) < 4.78 is 21.1. The van der Waals surface area contributed by atoms with Crippen molar-refractivity contribution in [3.8, 4) is 0 Å². The van der Waals surface area contributed by atoms with Crippen LogP contribution in [0, 0.1) is 0 Å². The van der Waals surface area contributed by atoms with Crippen molar-refractivity contribution in [1.82, 2.24) is 5.32 Å². The molecular formula is C9H21N3O3S. The van der Waals surface area contributed by atoms with E-state index >= 15 is 0 Å². The first-order valence-electron chi connectivity index (χ1n) is 5.43. The van der Waals surface area contributed by atoms with Crippen LogP contribution in [0.15, 0.2) is 0 Å². The zero-order chi connectivity index (χ0) is 12.4. The lowest BCUT2D eigenvalue weighted by atomic mass is 10.2. The van der Waals surface area contributed by atoms with Gasteiger partial charge in [0.15, 0.2) is 0 Å². The van der Waals surface area contributed by atoms with Crippen molar-refractivity contribution in [3.05, 3.63) is 0 Å². The minimum atomic E-state index is -3.41. The fourth-order valence-corrected chi connectivity index (χ4v) is 1.74. The monoisotopic (exact) mass is 251 g/mol. The van der Waals surface area contributed by atoms with Gasteiger partial charge in [-0.1, -0.05) is 6.42 Å². The SMILES string of the molecule is NCCCCCC(=O)NCCCS(N)(=O)=O. The molecule has 0 rings (SSSR count). The Labute approximate surface area is 96.8 Å². The van der Waals surface area contributed by atoms with E-state index in [1.807, 2.05) is 0 Å². The van der Waals surface area contributed by atoms with Gasteiger partial charge < -0.3 is 11.1 Å². The van der Waals surface area contributed by atoms with Gasteiger partial charge >= 0.3 is 0 Å². The molecule has 0 bridgehead atoms. The second kappa shape index (κ2) is 8.49. The molecule has 0 aromatic carbocycles. The summed E-state index contributed by atoms with van der Waals surface area (Å²) in [5, 5.41) is 7.46. The Kier molecular flexibility index (Phi) is 8.14. The maximum atomic E-state index is 11.2. The molecule has 16 heavy (non-hydrogen) atoms. The molecule has 0 atom stereocenters. The normalized spacial score (nSPS) is 11.4. The second-order valence-electron chi connectivity index (χ2n) is 3.67. The average molecular weight is 251 g/mol. The molecule has 0 radical (unpaired) electrons. The summed E-state index contributed by atoms with van der Waals surface area (Å²) in [5.74, 6) is -0.146. The van der Waals surface area contributed by atoms with Crippen LogP contribution in [0.25, 0.3) is 0 Å². The summed E-state index contributed by atoms with van der Waals surface area (Å²) in [7, 11) is -3.41. The first-order chi connectivity index (χ1) is 7.45. The molecule has 0 saturated heterocycles. The van der Waals surface area contributed by atoms with Crippen molar-refractivity contribution in [1.29, 1.82) is 0 Å². The topological polar surface area (TPSA) is 115 Å². The van der Waals surface area contributed by atoms with Gasteiger partial charge in [-0.05, 0) is 25.8 Å². The Morgan fingerprint density at radius 3 is 2.38 bits per heavy atom. The summed E-state index contributed by atoms with van der Waals surface area (Å²) in [6, 6.07) is 0. The average Bonchev–Trinajstić information content (AvgIpc) is 2.18. The van der Waals surface area contributed by atoms with Crippen molar-refractivity contribution in [2.24, 2.45) is 10.9 Å². The number of nitrogens with two attached hydrogens (primary N) is 2. The molecule has 0 spiro atoms. The standard InChI is InChI=1S/C9H21N3O3S/c10-6-3-1-2-5-9(13)12-7-4-8-16(11,14)15/h1-8,10H2,(H,12,13)(H2,11,14,15). The number of carbonyl (C=O) groups excluding carboxylic acids is 1. The van der Waals surface area contributed by atoms with E-state index in [1.54, 1.807) is 0 Å². The molecule has 1 amide bonds. The number of unbranched alkanes of at least 4 members (excludes halogenated alkanes) is 2. The van der Waals surface area contributed by atoms with Gasteiger partial charge in [-0.2, -0.15) is 0 Å². The highest BCUT2D eigenvalue weighted by Crippen LogP contribution is 1.98. The van der Waals surface area contributed by atoms with Gasteiger partial charge in [-0.3, -0.25) is 4.79 Å². The highest BCUT2D eigenvalue weighted by molar-refractivity contribution is 7.89. The molecule has 0 aliphatic heterocycles. The predicted octanol–water partition coefficient (Wildman–Crippen LogP) is -0.700. The van der Waals surface area contributed by atoms with Gasteiger partial charge in [0, 0.05) is 13.0 Å². The van der Waals surface area contributed by atoms with Crippen LogP contribution in [0.4, 0.5) is 0 Å². The summed E-state index contributed by atoms with van der Waals surface area (Å²) in [5.41, 5.74) is 5.32. The fourth-order valence-electron chi connectivity index (χ4n) is 1.20. The third-order valence-electron chi connectivity index (χ3n) is 2.04. The van der Waals surface area contributed by atoms with E-state index in [0.717, 1.165) is 19.3 Å². The molecule has 0 saturated carbocycles. The van der Waals surface area contributed by atoms with Crippen LogP contribution in [0.3, 0.4) is 0 Å². The van der Waals surface area contributed by atoms with Crippen molar-refractivity contribution in [2.75, 3.05) is 18.8 Å². The van der Waals surface area contributed by atoms with E-state index in [0.29, 0.717) is 25.9 Å². The molecule has 0 aliphatic carbocycles. The Morgan fingerprint density at radius 2 is 1.81 bits per heavy atom. The van der Waals surface area contributed by atoms with Crippen molar-refractivity contribution >= 4 is 15.9 Å². The highest BCUT2D eigenvalue weighted by atomic mass is 32.2. The molecule has 0 heterocycles. The second-order valence-corrected chi connectivity index (χ2v) is 5.40. The molecule has 0 aromatic rings. The molecule has 0 aromatic heterocycles. The Bertz CT molecular complexity index is 290. The van der Waals surface area contributed by atoms with E-state index in [-0.39, 0.29) is 11.7 Å². The van der Waals surface area contributed by atoms with Crippen LogP contribution in [0.2, 0.25) is 0 Å². The fraction of sp³-hybridized carbons (Fsp3) is 0.889. The minimum absolute atomic E-state index is 0.0496. The molecule has 0 fully saturated rings. The van der Waals surface area contributed by atoms with Gasteiger partial charge in [0.1, 0.15) is 0 Å². The van der Waals surface area contributed by atoms with Crippen LogP contribution in [-0.2, 0) is 14.8 Å². The molecule has 5 N–H and O–H groups in total. The molecule has 96 valence electrons. The number of hydrogen-bond acceptors (Lipinski definition) is 4. The van der Waals surface area contributed by atoms with Crippen molar-refractivity contribution in [3.63, 3.8) is 0 Å². The quantitative estimate of drug-likeness (QED) is 0.470. The zero-order valence-corrected chi connectivity index (χ0v) is 10.3. The van der Waals surface area contributed by atoms with E-state index in [2.05, 4.69) is 5.32 Å². The van der Waals surface area contributed by atoms with Gasteiger partial charge in [0.25, 0.3) is 0 Å². The smallest absolute Gasteiger partial charge is 0.219 e. The van der Waals surface area contributed by atoms with Crippen molar-refractivity contribution < 1.29 is 13.2 Å². The Balaban J connectivity index is 3.37. The Morgan fingerprint density at radius 1 is 1.12 bits per heavy atom. The first kappa shape index (κ1) is 15.3. The molecule has 6 nitrogen and oxygen atoms in total.